The Balaban J connectivity index is 0.00000133. The van der Waals surface area contributed by atoms with Crippen LogP contribution in [0, 0.1) is 17.3 Å². The average Bonchev–Trinajstić information content (AvgIpc) is 3.03. The van der Waals surface area contributed by atoms with Crippen LogP contribution in [-0.2, 0) is 26.2 Å². The molecule has 0 N–H and O–H groups in total. The normalized spacial score (nSPS) is 26.8. The van der Waals surface area contributed by atoms with Gasteiger partial charge in [0.25, 0.3) is 0 Å². The van der Waals surface area contributed by atoms with Crippen LogP contribution in [0.1, 0.15) is 46.0 Å². The van der Waals surface area contributed by atoms with Gasteiger partial charge in [-0.25, -0.2) is 0 Å². The van der Waals surface area contributed by atoms with Gasteiger partial charge in [-0.3, -0.25) is 0 Å². The van der Waals surface area contributed by atoms with E-state index in [0.717, 1.165) is 12.3 Å². The quantitative estimate of drug-likeness (QED) is 0.627. The van der Waals surface area contributed by atoms with Crippen molar-refractivity contribution in [3.63, 3.8) is 0 Å². The van der Waals surface area contributed by atoms with E-state index >= 15 is 0 Å². The molecule has 0 spiro atoms. The zero-order valence-corrected chi connectivity index (χ0v) is 14.5. The molecule has 0 amide bonds. The third-order valence-electron chi connectivity index (χ3n) is 5.17. The van der Waals surface area contributed by atoms with Gasteiger partial charge in [-0.1, -0.05) is 38.8 Å². The van der Waals surface area contributed by atoms with Crippen molar-refractivity contribution in [2.45, 2.75) is 46.0 Å². The summed E-state index contributed by atoms with van der Waals surface area (Å²) in [4.78, 5) is 0. The van der Waals surface area contributed by atoms with E-state index in [1.54, 1.807) is 17.1 Å². The van der Waals surface area contributed by atoms with E-state index in [0.29, 0.717) is 5.41 Å². The fourth-order valence-corrected chi connectivity index (χ4v) is 4.09. The molecule has 100 valence electrons. The van der Waals surface area contributed by atoms with Gasteiger partial charge >= 0.3 is 0 Å². The second kappa shape index (κ2) is 6.00. The molecule has 0 heterocycles. The van der Waals surface area contributed by atoms with Gasteiger partial charge in [0.1, 0.15) is 0 Å². The molecule has 0 nitrogen and oxygen atoms in total. The van der Waals surface area contributed by atoms with E-state index in [-0.39, 0.29) is 26.2 Å². The van der Waals surface area contributed by atoms with E-state index < -0.39 is 0 Å². The van der Waals surface area contributed by atoms with Crippen molar-refractivity contribution in [1.82, 2.24) is 0 Å². The second-order valence-corrected chi connectivity index (χ2v) is 5.87. The molecule has 1 unspecified atom stereocenters. The Kier molecular flexibility index (Phi) is 4.77. The van der Waals surface area contributed by atoms with E-state index in [2.05, 4.69) is 50.3 Å². The Hall–Kier alpha value is -0.287. The maximum atomic E-state index is 2.38. The smallest absolute Gasteiger partial charge is 0 e. The Labute approximate surface area is 136 Å². The summed E-state index contributed by atoms with van der Waals surface area (Å²) in [5.74, 6) is 2.48. The summed E-state index contributed by atoms with van der Waals surface area (Å²) in [5.41, 5.74) is 3.68. The molecule has 0 bridgehead atoms. The summed E-state index contributed by atoms with van der Waals surface area (Å²) in [6.45, 7) is 4.75. The van der Waals surface area contributed by atoms with Gasteiger partial charge < -0.3 is 0 Å². The SMILES string of the molecule is CCC1(CC)CC2CC=CC=C2[C-]1C1=CC=CC1.[Zr]. The number of allylic oxidation sites excluding steroid dienone is 8. The van der Waals surface area contributed by atoms with Crippen LogP contribution in [0.25, 0.3) is 0 Å². The monoisotopic (exact) mass is 329 g/mol. The molecule has 1 heteroatoms. The minimum absolute atomic E-state index is 0. The standard InChI is InChI=1S/C18H23.Zr/c1-3-18(4-2)13-15-11-7-8-12-16(15)17(18)14-9-5-6-10-14;/h5-9,12,15H,3-4,10-11,13H2,1-2H3;/q-1;. The van der Waals surface area contributed by atoms with Gasteiger partial charge in [0.15, 0.2) is 0 Å². The van der Waals surface area contributed by atoms with Crippen LogP contribution in [0.15, 0.2) is 47.6 Å². The molecule has 3 aliphatic rings. The average molecular weight is 331 g/mol. The number of hydrogen-bond acceptors (Lipinski definition) is 0. The summed E-state index contributed by atoms with van der Waals surface area (Å²) >= 11 is 0. The van der Waals surface area contributed by atoms with Gasteiger partial charge in [-0.05, 0) is 30.6 Å². The fourth-order valence-electron chi connectivity index (χ4n) is 4.09. The first-order chi connectivity index (χ1) is 8.80. The van der Waals surface area contributed by atoms with Gasteiger partial charge in [-0.2, -0.15) is 12.2 Å². The summed E-state index contributed by atoms with van der Waals surface area (Å²) in [6.07, 6.45) is 20.2. The Morgan fingerprint density at radius 3 is 2.53 bits per heavy atom. The molecule has 0 aromatic rings. The van der Waals surface area contributed by atoms with Crippen molar-refractivity contribution in [3.05, 3.63) is 53.5 Å². The maximum Gasteiger partial charge on any atom is 0 e. The van der Waals surface area contributed by atoms with Crippen molar-refractivity contribution >= 4 is 0 Å². The first-order valence-electron chi connectivity index (χ1n) is 7.41. The van der Waals surface area contributed by atoms with Crippen LogP contribution in [0.3, 0.4) is 0 Å². The van der Waals surface area contributed by atoms with Crippen LogP contribution in [0.4, 0.5) is 0 Å². The van der Waals surface area contributed by atoms with E-state index in [4.69, 9.17) is 0 Å². The minimum Gasteiger partial charge on any atom is -0.155 e. The van der Waals surface area contributed by atoms with Crippen molar-refractivity contribution < 1.29 is 26.2 Å². The van der Waals surface area contributed by atoms with Crippen LogP contribution >= 0.6 is 0 Å². The number of hydrogen-bond donors (Lipinski definition) is 0. The van der Waals surface area contributed by atoms with E-state index in [9.17, 15) is 0 Å². The summed E-state index contributed by atoms with van der Waals surface area (Å²) < 4.78 is 0. The predicted octanol–water partition coefficient (Wildman–Crippen LogP) is 5.16. The molecule has 0 aromatic carbocycles. The topological polar surface area (TPSA) is 0 Å². The second-order valence-electron chi connectivity index (χ2n) is 5.87. The molecular formula is C18H23Zr-. The third kappa shape index (κ3) is 2.40. The molecule has 3 aliphatic carbocycles. The Morgan fingerprint density at radius 2 is 1.89 bits per heavy atom. The molecule has 3 rings (SSSR count). The van der Waals surface area contributed by atoms with Crippen molar-refractivity contribution in [1.29, 1.82) is 0 Å². The Bertz CT molecular complexity index is 446. The zero-order chi connectivity index (χ0) is 12.6. The van der Waals surface area contributed by atoms with E-state index in [1.807, 2.05) is 0 Å². The molecule has 1 saturated carbocycles. The summed E-state index contributed by atoms with van der Waals surface area (Å²) in [7, 11) is 0. The summed E-state index contributed by atoms with van der Waals surface area (Å²) in [6, 6.07) is 0. The van der Waals surface area contributed by atoms with Crippen LogP contribution < -0.4 is 0 Å². The van der Waals surface area contributed by atoms with Gasteiger partial charge in [0.2, 0.25) is 0 Å². The molecule has 1 fully saturated rings. The number of fused-ring (bicyclic) bond motifs is 1. The largest absolute Gasteiger partial charge is 0.155 e. The van der Waals surface area contributed by atoms with Crippen molar-refractivity contribution in [2.24, 2.45) is 11.3 Å². The zero-order valence-electron chi connectivity index (χ0n) is 12.1. The molecule has 0 saturated heterocycles. The van der Waals surface area contributed by atoms with Gasteiger partial charge in [0.05, 0.1) is 0 Å². The van der Waals surface area contributed by atoms with Crippen molar-refractivity contribution in [3.8, 4) is 0 Å². The maximum absolute atomic E-state index is 2.38. The van der Waals surface area contributed by atoms with Crippen molar-refractivity contribution in [2.75, 3.05) is 0 Å². The van der Waals surface area contributed by atoms with E-state index in [1.165, 1.54) is 25.7 Å². The first kappa shape index (κ1) is 15.1. The van der Waals surface area contributed by atoms with Crippen LogP contribution in [-0.4, -0.2) is 0 Å². The molecule has 0 radical (unpaired) electrons. The minimum atomic E-state index is 0. The molecular weight excluding hydrogens is 307 g/mol. The fraction of sp³-hybridized carbons (Fsp3) is 0.500. The van der Waals surface area contributed by atoms with Gasteiger partial charge in [-0.15, -0.1) is 29.2 Å². The first-order valence-corrected chi connectivity index (χ1v) is 7.41. The number of rotatable bonds is 3. The van der Waals surface area contributed by atoms with Crippen LogP contribution in [0.2, 0.25) is 0 Å². The molecule has 19 heavy (non-hydrogen) atoms. The predicted molar refractivity (Wildman–Crippen MR) is 78.0 cm³/mol. The third-order valence-corrected chi connectivity index (χ3v) is 5.17. The Morgan fingerprint density at radius 1 is 1.16 bits per heavy atom. The summed E-state index contributed by atoms with van der Waals surface area (Å²) in [5, 5.41) is 0. The molecule has 0 aromatic heterocycles. The van der Waals surface area contributed by atoms with Gasteiger partial charge in [0, 0.05) is 26.2 Å². The van der Waals surface area contributed by atoms with Crippen LogP contribution in [0.5, 0.6) is 0 Å². The molecule has 0 aliphatic heterocycles. The molecule has 1 atom stereocenters.